The Hall–Kier alpha value is -1.54. The summed E-state index contributed by atoms with van der Waals surface area (Å²) in [4.78, 5) is 4.17. The average Bonchev–Trinajstić information content (AvgIpc) is 2.40. The number of benzene rings is 1. The molecule has 1 aromatic heterocycles. The Morgan fingerprint density at radius 3 is 2.71 bits per heavy atom. The highest BCUT2D eigenvalue weighted by atomic mass is 35.5. The maximum Gasteiger partial charge on any atom is 0.214 e. The fourth-order valence-corrected chi connectivity index (χ4v) is 1.74. The zero-order valence-corrected chi connectivity index (χ0v) is 10.4. The van der Waals surface area contributed by atoms with Gasteiger partial charge in [-0.15, -0.1) is 11.6 Å². The molecule has 1 heterocycles. The van der Waals surface area contributed by atoms with Gasteiger partial charge in [0, 0.05) is 18.1 Å². The van der Waals surface area contributed by atoms with Crippen molar-refractivity contribution in [3.63, 3.8) is 0 Å². The first-order valence-corrected chi connectivity index (χ1v) is 6.05. The van der Waals surface area contributed by atoms with E-state index in [4.69, 9.17) is 16.3 Å². The molecule has 0 saturated carbocycles. The second-order valence-electron chi connectivity index (χ2n) is 3.81. The molecule has 0 spiro atoms. The van der Waals surface area contributed by atoms with Crippen LogP contribution in [0.1, 0.15) is 24.2 Å². The van der Waals surface area contributed by atoms with Gasteiger partial charge in [-0.2, -0.15) is 0 Å². The third-order valence-electron chi connectivity index (χ3n) is 2.52. The van der Waals surface area contributed by atoms with Crippen LogP contribution in [-0.4, -0.2) is 4.98 Å². The number of alkyl halides is 1. The van der Waals surface area contributed by atoms with Gasteiger partial charge in [-0.1, -0.05) is 30.3 Å². The Kier molecular flexibility index (Phi) is 3.99. The van der Waals surface area contributed by atoms with Gasteiger partial charge < -0.3 is 4.74 Å². The smallest absolute Gasteiger partial charge is 0.214 e. The van der Waals surface area contributed by atoms with Crippen LogP contribution in [0.4, 0.5) is 0 Å². The summed E-state index contributed by atoms with van der Waals surface area (Å²) in [6.45, 7) is 2.00. The van der Waals surface area contributed by atoms with Gasteiger partial charge in [-0.05, 0) is 24.1 Å². The molecule has 0 radical (unpaired) electrons. The standard InChI is InChI=1S/C14H14ClNO/c1-11(13-5-3-2-4-6-13)17-14-9-12(10-15)7-8-16-14/h2-9,11H,10H2,1H3. The lowest BCUT2D eigenvalue weighted by Crippen LogP contribution is -2.04. The first-order chi connectivity index (χ1) is 8.29. The van der Waals surface area contributed by atoms with Gasteiger partial charge in [0.15, 0.2) is 0 Å². The largest absolute Gasteiger partial charge is 0.470 e. The minimum atomic E-state index is -0.0192. The van der Waals surface area contributed by atoms with Gasteiger partial charge in [0.2, 0.25) is 5.88 Å². The van der Waals surface area contributed by atoms with E-state index < -0.39 is 0 Å². The molecular formula is C14H14ClNO. The molecule has 2 aromatic rings. The van der Waals surface area contributed by atoms with E-state index in [-0.39, 0.29) is 6.10 Å². The number of nitrogens with zero attached hydrogens (tertiary/aromatic N) is 1. The second kappa shape index (κ2) is 5.69. The summed E-state index contributed by atoms with van der Waals surface area (Å²) in [6.07, 6.45) is 1.69. The highest BCUT2D eigenvalue weighted by Crippen LogP contribution is 2.20. The maximum absolute atomic E-state index is 5.77. The minimum Gasteiger partial charge on any atom is -0.470 e. The molecular weight excluding hydrogens is 234 g/mol. The molecule has 88 valence electrons. The average molecular weight is 248 g/mol. The third kappa shape index (κ3) is 3.21. The Morgan fingerprint density at radius 1 is 1.24 bits per heavy atom. The van der Waals surface area contributed by atoms with Crippen LogP contribution >= 0.6 is 11.6 Å². The first-order valence-electron chi connectivity index (χ1n) is 5.52. The molecule has 0 aliphatic heterocycles. The fraction of sp³-hybridized carbons (Fsp3) is 0.214. The lowest BCUT2D eigenvalue weighted by molar-refractivity contribution is 0.217. The van der Waals surface area contributed by atoms with Gasteiger partial charge in [0.05, 0.1) is 0 Å². The Balaban J connectivity index is 2.10. The molecule has 0 fully saturated rings. The molecule has 0 saturated heterocycles. The second-order valence-corrected chi connectivity index (χ2v) is 4.07. The maximum atomic E-state index is 5.77. The van der Waals surface area contributed by atoms with Crippen molar-refractivity contribution in [1.82, 2.24) is 4.98 Å². The summed E-state index contributed by atoms with van der Waals surface area (Å²) < 4.78 is 5.77. The van der Waals surface area contributed by atoms with Crippen LogP contribution in [0.25, 0.3) is 0 Å². The molecule has 0 bridgehead atoms. The van der Waals surface area contributed by atoms with Gasteiger partial charge in [0.25, 0.3) is 0 Å². The molecule has 1 atom stereocenters. The lowest BCUT2D eigenvalue weighted by Gasteiger charge is -2.14. The van der Waals surface area contributed by atoms with Crippen LogP contribution in [0, 0.1) is 0 Å². The van der Waals surface area contributed by atoms with E-state index in [1.54, 1.807) is 6.20 Å². The summed E-state index contributed by atoms with van der Waals surface area (Å²) in [5, 5.41) is 0. The number of ether oxygens (including phenoxy) is 1. The Morgan fingerprint density at radius 2 is 2.00 bits per heavy atom. The summed E-state index contributed by atoms with van der Waals surface area (Å²) in [5.41, 5.74) is 2.14. The number of hydrogen-bond donors (Lipinski definition) is 0. The summed E-state index contributed by atoms with van der Waals surface area (Å²) in [6, 6.07) is 13.8. The molecule has 0 N–H and O–H groups in total. The Labute approximate surface area is 106 Å². The summed E-state index contributed by atoms with van der Waals surface area (Å²) in [7, 11) is 0. The molecule has 0 aliphatic carbocycles. The topological polar surface area (TPSA) is 22.1 Å². The predicted molar refractivity (Wildman–Crippen MR) is 69.3 cm³/mol. The zero-order chi connectivity index (χ0) is 12.1. The highest BCUT2D eigenvalue weighted by Gasteiger charge is 2.07. The molecule has 3 heteroatoms. The van der Waals surface area contributed by atoms with E-state index in [0.29, 0.717) is 11.8 Å². The number of hydrogen-bond acceptors (Lipinski definition) is 2. The zero-order valence-electron chi connectivity index (χ0n) is 9.64. The normalized spacial score (nSPS) is 12.1. The SMILES string of the molecule is CC(Oc1cc(CCl)ccn1)c1ccccc1. The Bertz CT molecular complexity index is 473. The van der Waals surface area contributed by atoms with Crippen molar-refractivity contribution in [2.24, 2.45) is 0 Å². The molecule has 1 aromatic carbocycles. The molecule has 2 nitrogen and oxygen atoms in total. The molecule has 1 unspecified atom stereocenters. The molecule has 17 heavy (non-hydrogen) atoms. The quantitative estimate of drug-likeness (QED) is 0.763. The fourth-order valence-electron chi connectivity index (χ4n) is 1.57. The van der Waals surface area contributed by atoms with E-state index in [1.165, 1.54) is 0 Å². The van der Waals surface area contributed by atoms with Crippen molar-refractivity contribution in [3.8, 4) is 5.88 Å². The number of halogens is 1. The molecule has 0 aliphatic rings. The van der Waals surface area contributed by atoms with E-state index in [0.717, 1.165) is 11.1 Å². The number of aromatic nitrogens is 1. The third-order valence-corrected chi connectivity index (χ3v) is 2.83. The monoisotopic (exact) mass is 247 g/mol. The van der Waals surface area contributed by atoms with Crippen molar-refractivity contribution >= 4 is 11.6 Å². The van der Waals surface area contributed by atoms with Crippen LogP contribution in [-0.2, 0) is 5.88 Å². The van der Waals surface area contributed by atoms with Crippen LogP contribution in [0.2, 0.25) is 0 Å². The van der Waals surface area contributed by atoms with Crippen molar-refractivity contribution in [2.45, 2.75) is 18.9 Å². The van der Waals surface area contributed by atoms with Crippen LogP contribution in [0.15, 0.2) is 48.7 Å². The van der Waals surface area contributed by atoms with E-state index in [2.05, 4.69) is 4.98 Å². The highest BCUT2D eigenvalue weighted by molar-refractivity contribution is 6.17. The van der Waals surface area contributed by atoms with Gasteiger partial charge in [-0.3, -0.25) is 0 Å². The number of pyridine rings is 1. The van der Waals surface area contributed by atoms with Gasteiger partial charge >= 0.3 is 0 Å². The van der Waals surface area contributed by atoms with E-state index in [1.807, 2.05) is 49.4 Å². The van der Waals surface area contributed by atoms with E-state index >= 15 is 0 Å². The predicted octanol–water partition coefficient (Wildman–Crippen LogP) is 3.96. The summed E-state index contributed by atoms with van der Waals surface area (Å²) in [5.74, 6) is 1.08. The van der Waals surface area contributed by atoms with Crippen LogP contribution in [0.3, 0.4) is 0 Å². The minimum absolute atomic E-state index is 0.0192. The van der Waals surface area contributed by atoms with Crippen molar-refractivity contribution in [1.29, 1.82) is 0 Å². The van der Waals surface area contributed by atoms with Crippen molar-refractivity contribution in [2.75, 3.05) is 0 Å². The first kappa shape index (κ1) is 11.9. The van der Waals surface area contributed by atoms with Crippen molar-refractivity contribution in [3.05, 3.63) is 59.8 Å². The lowest BCUT2D eigenvalue weighted by atomic mass is 10.1. The van der Waals surface area contributed by atoms with E-state index in [9.17, 15) is 0 Å². The van der Waals surface area contributed by atoms with Gasteiger partial charge in [0.1, 0.15) is 6.10 Å². The molecule has 2 rings (SSSR count). The van der Waals surface area contributed by atoms with Gasteiger partial charge in [-0.25, -0.2) is 4.98 Å². The number of rotatable bonds is 4. The van der Waals surface area contributed by atoms with Crippen molar-refractivity contribution < 1.29 is 4.74 Å². The van der Waals surface area contributed by atoms with Crippen LogP contribution < -0.4 is 4.74 Å². The molecule has 0 amide bonds. The van der Waals surface area contributed by atoms with Crippen LogP contribution in [0.5, 0.6) is 5.88 Å². The summed E-state index contributed by atoms with van der Waals surface area (Å²) >= 11 is 5.77.